The van der Waals surface area contributed by atoms with Crippen LogP contribution in [0.15, 0.2) is 24.3 Å². The van der Waals surface area contributed by atoms with Crippen molar-refractivity contribution in [3.63, 3.8) is 0 Å². The fraction of sp³-hybridized carbons (Fsp3) is 0.250. The normalized spacial score (nSPS) is 10.4. The smallest absolute Gasteiger partial charge is 0.353 e. The van der Waals surface area contributed by atoms with E-state index < -0.39 is 33.2 Å². The molecule has 0 N–H and O–H groups in total. The number of rotatable bonds is 6. The van der Waals surface area contributed by atoms with E-state index in [1.54, 1.807) is 6.92 Å². The maximum atomic E-state index is 12.3. The highest BCUT2D eigenvalue weighted by atomic mass is 16.6. The Bertz CT molecular complexity index is 922. The molecule has 26 heavy (non-hydrogen) atoms. The van der Waals surface area contributed by atoms with E-state index in [0.717, 1.165) is 6.07 Å². The van der Waals surface area contributed by atoms with Crippen molar-refractivity contribution in [2.75, 3.05) is 13.2 Å². The highest BCUT2D eigenvalue weighted by molar-refractivity contribution is 6.16. The number of esters is 2. The van der Waals surface area contributed by atoms with Gasteiger partial charge in [0.2, 0.25) is 0 Å². The lowest BCUT2D eigenvalue weighted by Gasteiger charge is -2.11. The van der Waals surface area contributed by atoms with Gasteiger partial charge in [0.25, 0.3) is 0 Å². The van der Waals surface area contributed by atoms with Gasteiger partial charge in [0.1, 0.15) is 0 Å². The van der Waals surface area contributed by atoms with Gasteiger partial charge in [-0.2, -0.15) is 0 Å². The number of fused-ring (bicyclic) bond motifs is 1. The van der Waals surface area contributed by atoms with Crippen LogP contribution < -0.4 is 0 Å². The van der Waals surface area contributed by atoms with E-state index in [0.29, 0.717) is 0 Å². The summed E-state index contributed by atoms with van der Waals surface area (Å²) in [5.41, 5.74) is -2.12. The Kier molecular flexibility index (Phi) is 5.45. The number of nitro benzene ring substituents is 2. The summed E-state index contributed by atoms with van der Waals surface area (Å²) in [5.74, 6) is -1.75. The lowest BCUT2D eigenvalue weighted by atomic mass is 9.96. The Morgan fingerprint density at radius 2 is 1.54 bits per heavy atom. The molecule has 0 saturated carbocycles. The molecule has 0 aliphatic carbocycles. The van der Waals surface area contributed by atoms with Gasteiger partial charge in [-0.1, -0.05) is 6.07 Å². The Hall–Kier alpha value is -3.56. The molecule has 0 amide bonds. The zero-order valence-corrected chi connectivity index (χ0v) is 13.9. The van der Waals surface area contributed by atoms with Gasteiger partial charge in [-0.05, 0) is 26.0 Å². The molecule has 2 rings (SSSR count). The molecule has 0 aliphatic heterocycles. The van der Waals surface area contributed by atoms with Gasteiger partial charge in [-0.25, -0.2) is 9.59 Å². The minimum atomic E-state index is -0.961. The first-order valence-electron chi connectivity index (χ1n) is 7.56. The summed E-state index contributed by atoms with van der Waals surface area (Å²) in [6.07, 6.45) is 0. The van der Waals surface area contributed by atoms with Crippen molar-refractivity contribution in [1.82, 2.24) is 0 Å². The van der Waals surface area contributed by atoms with E-state index in [4.69, 9.17) is 9.47 Å². The minimum Gasteiger partial charge on any atom is -0.462 e. The summed E-state index contributed by atoms with van der Waals surface area (Å²) < 4.78 is 9.80. The third-order valence-electron chi connectivity index (χ3n) is 3.48. The van der Waals surface area contributed by atoms with Gasteiger partial charge >= 0.3 is 23.3 Å². The number of hydrogen-bond donors (Lipinski definition) is 0. The predicted octanol–water partition coefficient (Wildman–Crippen LogP) is 3.01. The van der Waals surface area contributed by atoms with Gasteiger partial charge in [0, 0.05) is 11.5 Å². The Labute approximate surface area is 146 Å². The number of ether oxygens (including phenoxy) is 2. The average Bonchev–Trinajstić information content (AvgIpc) is 2.59. The maximum absolute atomic E-state index is 12.3. The molecule has 0 atom stereocenters. The highest BCUT2D eigenvalue weighted by Crippen LogP contribution is 2.39. The van der Waals surface area contributed by atoms with Gasteiger partial charge < -0.3 is 9.47 Å². The summed E-state index contributed by atoms with van der Waals surface area (Å²) in [7, 11) is 0. The van der Waals surface area contributed by atoms with Crippen molar-refractivity contribution in [1.29, 1.82) is 0 Å². The third-order valence-corrected chi connectivity index (χ3v) is 3.48. The molecule has 0 heterocycles. The van der Waals surface area contributed by atoms with Crippen LogP contribution in [0.2, 0.25) is 0 Å². The van der Waals surface area contributed by atoms with E-state index in [1.807, 2.05) is 0 Å². The van der Waals surface area contributed by atoms with Crippen LogP contribution in [0.3, 0.4) is 0 Å². The zero-order chi connectivity index (χ0) is 19.4. The molecular formula is C16H14N2O8. The van der Waals surface area contributed by atoms with Crippen molar-refractivity contribution in [3.8, 4) is 0 Å². The van der Waals surface area contributed by atoms with Crippen LogP contribution in [0.1, 0.15) is 34.6 Å². The molecule has 0 fully saturated rings. The second kappa shape index (κ2) is 7.55. The van der Waals surface area contributed by atoms with Crippen LogP contribution in [-0.2, 0) is 9.47 Å². The molecule has 0 spiro atoms. The van der Waals surface area contributed by atoms with Crippen molar-refractivity contribution < 1.29 is 28.9 Å². The molecule has 0 radical (unpaired) electrons. The fourth-order valence-corrected chi connectivity index (χ4v) is 2.53. The van der Waals surface area contributed by atoms with E-state index in [-0.39, 0.29) is 35.1 Å². The quantitative estimate of drug-likeness (QED) is 0.434. The standard InChI is InChI=1S/C16H14N2O8/c1-3-25-15(19)10-7-5-6-9-13(10)11(16(20)26-4-2)8-12(17(21)22)14(9)18(23)24/h5-8H,3-4H2,1-2H3. The maximum Gasteiger partial charge on any atom is 0.353 e. The molecule has 0 aliphatic rings. The number of nitrogens with zero attached hydrogens (tertiary/aromatic N) is 2. The molecule has 2 aromatic rings. The first kappa shape index (κ1) is 18.8. The van der Waals surface area contributed by atoms with Gasteiger partial charge in [-0.15, -0.1) is 0 Å². The molecule has 10 nitrogen and oxygen atoms in total. The van der Waals surface area contributed by atoms with Crippen LogP contribution in [0.5, 0.6) is 0 Å². The van der Waals surface area contributed by atoms with Gasteiger partial charge in [-0.3, -0.25) is 20.2 Å². The molecule has 0 aromatic heterocycles. The van der Waals surface area contributed by atoms with Crippen LogP contribution >= 0.6 is 0 Å². The Morgan fingerprint density at radius 1 is 0.962 bits per heavy atom. The minimum absolute atomic E-state index is 0.0211. The first-order valence-corrected chi connectivity index (χ1v) is 7.56. The predicted molar refractivity (Wildman–Crippen MR) is 89.2 cm³/mol. The van der Waals surface area contributed by atoms with Gasteiger partial charge in [0.05, 0.1) is 39.6 Å². The summed E-state index contributed by atoms with van der Waals surface area (Å²) in [6, 6.07) is 4.62. The van der Waals surface area contributed by atoms with Gasteiger partial charge in [0.15, 0.2) is 0 Å². The van der Waals surface area contributed by atoms with E-state index in [9.17, 15) is 29.8 Å². The van der Waals surface area contributed by atoms with E-state index in [2.05, 4.69) is 0 Å². The largest absolute Gasteiger partial charge is 0.462 e. The van der Waals surface area contributed by atoms with Crippen molar-refractivity contribution in [2.45, 2.75) is 13.8 Å². The molecule has 0 bridgehead atoms. The SMILES string of the molecule is CCOC(=O)c1cccc2c([N+](=O)[O-])c([N+](=O)[O-])cc(C(=O)OCC)c12. The number of carbonyl (C=O) groups is 2. The van der Waals surface area contributed by atoms with Crippen molar-refractivity contribution >= 4 is 34.1 Å². The summed E-state index contributed by atoms with van der Waals surface area (Å²) in [6.45, 7) is 3.13. The summed E-state index contributed by atoms with van der Waals surface area (Å²) in [5, 5.41) is 22.4. The fourth-order valence-electron chi connectivity index (χ4n) is 2.53. The Balaban J connectivity index is 3.00. The van der Waals surface area contributed by atoms with Crippen molar-refractivity contribution in [2.24, 2.45) is 0 Å². The van der Waals surface area contributed by atoms with Crippen LogP contribution in [-0.4, -0.2) is 35.0 Å². The number of carbonyl (C=O) groups excluding carboxylic acids is 2. The molecule has 0 saturated heterocycles. The molecular weight excluding hydrogens is 348 g/mol. The molecule has 0 unspecified atom stereocenters. The summed E-state index contributed by atoms with van der Waals surface area (Å²) in [4.78, 5) is 45.3. The number of nitro groups is 2. The number of benzene rings is 2. The highest BCUT2D eigenvalue weighted by Gasteiger charge is 2.33. The van der Waals surface area contributed by atoms with Crippen LogP contribution in [0.4, 0.5) is 11.4 Å². The van der Waals surface area contributed by atoms with Crippen molar-refractivity contribution in [3.05, 3.63) is 55.6 Å². The monoisotopic (exact) mass is 362 g/mol. The second-order valence-corrected chi connectivity index (χ2v) is 4.98. The third kappa shape index (κ3) is 3.29. The molecule has 2 aromatic carbocycles. The molecule has 10 heteroatoms. The Morgan fingerprint density at radius 3 is 2.04 bits per heavy atom. The molecule has 136 valence electrons. The average molecular weight is 362 g/mol. The number of hydrogen-bond acceptors (Lipinski definition) is 8. The lowest BCUT2D eigenvalue weighted by molar-refractivity contribution is -0.421. The van der Waals surface area contributed by atoms with E-state index in [1.165, 1.54) is 25.1 Å². The summed E-state index contributed by atoms with van der Waals surface area (Å²) >= 11 is 0. The van der Waals surface area contributed by atoms with Crippen LogP contribution in [0, 0.1) is 20.2 Å². The second-order valence-electron chi connectivity index (χ2n) is 4.98. The topological polar surface area (TPSA) is 139 Å². The lowest BCUT2D eigenvalue weighted by Crippen LogP contribution is -2.12. The van der Waals surface area contributed by atoms with E-state index >= 15 is 0 Å². The first-order chi connectivity index (χ1) is 12.3. The zero-order valence-electron chi connectivity index (χ0n) is 13.9. The van der Waals surface area contributed by atoms with Crippen LogP contribution in [0.25, 0.3) is 10.8 Å².